The maximum atomic E-state index is 13.0. The Bertz CT molecular complexity index is 1360. The van der Waals surface area contributed by atoms with E-state index in [9.17, 15) is 22.8 Å². The van der Waals surface area contributed by atoms with Crippen molar-refractivity contribution >= 4 is 17.5 Å². The van der Waals surface area contributed by atoms with Gasteiger partial charge in [-0.25, -0.2) is 4.98 Å². The summed E-state index contributed by atoms with van der Waals surface area (Å²) in [6.45, 7) is 5.16. The summed E-state index contributed by atoms with van der Waals surface area (Å²) in [4.78, 5) is 34.1. The normalized spacial score (nSPS) is 14.1. The van der Waals surface area contributed by atoms with Gasteiger partial charge in [-0.15, -0.1) is 0 Å². The quantitative estimate of drug-likeness (QED) is 0.475. The molecule has 1 aliphatic heterocycles. The lowest BCUT2D eigenvalue weighted by atomic mass is 10.1. The van der Waals surface area contributed by atoms with Crippen LogP contribution in [0.2, 0.25) is 0 Å². The van der Waals surface area contributed by atoms with Gasteiger partial charge in [0.25, 0.3) is 0 Å². The fourth-order valence-electron chi connectivity index (χ4n) is 3.85. The first-order chi connectivity index (χ1) is 18.1. The van der Waals surface area contributed by atoms with Gasteiger partial charge in [-0.05, 0) is 18.2 Å². The van der Waals surface area contributed by atoms with Crippen molar-refractivity contribution < 1.29 is 27.5 Å². The minimum Gasteiger partial charge on any atom is -0.490 e. The van der Waals surface area contributed by atoms with Gasteiger partial charge < -0.3 is 19.9 Å². The molecule has 10 nitrogen and oxygen atoms in total. The van der Waals surface area contributed by atoms with Gasteiger partial charge in [-0.3, -0.25) is 19.2 Å². The summed E-state index contributed by atoms with van der Waals surface area (Å²) in [6, 6.07) is 4.59. The summed E-state index contributed by atoms with van der Waals surface area (Å²) in [5.74, 6) is 4.91. The molecule has 3 aromatic rings. The van der Waals surface area contributed by atoms with Crippen LogP contribution in [0.1, 0.15) is 18.2 Å². The maximum Gasteiger partial charge on any atom is 0.432 e. The van der Waals surface area contributed by atoms with Gasteiger partial charge in [0, 0.05) is 64.4 Å². The number of piperazine rings is 1. The fraction of sp³-hybridized carbons (Fsp3) is 0.360. The number of benzene rings is 1. The van der Waals surface area contributed by atoms with Gasteiger partial charge in [-0.2, -0.15) is 18.3 Å². The van der Waals surface area contributed by atoms with Crippen LogP contribution in [0.3, 0.4) is 0 Å². The largest absolute Gasteiger partial charge is 0.490 e. The number of halogens is 3. The number of anilines is 1. The monoisotopic (exact) mass is 529 g/mol. The highest BCUT2D eigenvalue weighted by atomic mass is 19.4. The third kappa shape index (κ3) is 6.92. The Morgan fingerprint density at radius 3 is 2.58 bits per heavy atom. The van der Waals surface area contributed by atoms with E-state index in [0.29, 0.717) is 49.3 Å². The van der Waals surface area contributed by atoms with Crippen molar-refractivity contribution in [1.82, 2.24) is 29.5 Å². The number of aromatic amines is 1. The Morgan fingerprint density at radius 2 is 1.95 bits per heavy atom. The van der Waals surface area contributed by atoms with Crippen LogP contribution in [0.15, 0.2) is 36.8 Å². The molecule has 0 atom stereocenters. The van der Waals surface area contributed by atoms with Gasteiger partial charge >= 0.3 is 12.1 Å². The van der Waals surface area contributed by atoms with Crippen molar-refractivity contribution in [3.8, 4) is 29.0 Å². The van der Waals surface area contributed by atoms with Crippen molar-refractivity contribution in [3.05, 3.63) is 48.0 Å². The van der Waals surface area contributed by atoms with Crippen LogP contribution >= 0.6 is 0 Å². The zero-order valence-corrected chi connectivity index (χ0v) is 20.8. The number of imidazole rings is 1. The SMILES string of the molecule is CC(=O)N1CCN(CCOc2ccc(-c3ncc(C(F)(F)F)[nH]3)cc2NC(=O)C#Cc2cnn(C)c2)CC1. The van der Waals surface area contributed by atoms with Crippen LogP contribution < -0.4 is 10.1 Å². The second-order valence-corrected chi connectivity index (χ2v) is 8.66. The highest BCUT2D eigenvalue weighted by molar-refractivity contribution is 6.05. The summed E-state index contributed by atoms with van der Waals surface area (Å²) >= 11 is 0. The van der Waals surface area contributed by atoms with E-state index in [1.165, 1.54) is 12.3 Å². The zero-order chi connectivity index (χ0) is 27.3. The predicted molar refractivity (Wildman–Crippen MR) is 132 cm³/mol. The Hall–Kier alpha value is -4.31. The summed E-state index contributed by atoms with van der Waals surface area (Å²) in [5, 5.41) is 6.65. The standard InChI is InChI=1S/C25H26F3N7O3/c1-17(36)35-9-7-34(8-10-35)11-12-38-21-5-4-19(24-29-15-22(32-24)25(26,27)28)13-20(21)31-23(37)6-3-18-14-30-33(2)16-18/h4-5,13-16H,7-12H2,1-2H3,(H,29,32)(H,31,37). The van der Waals surface area contributed by atoms with E-state index in [-0.39, 0.29) is 17.4 Å². The average Bonchev–Trinajstić information content (AvgIpc) is 3.53. The topological polar surface area (TPSA) is 108 Å². The zero-order valence-electron chi connectivity index (χ0n) is 20.8. The third-order valence-corrected chi connectivity index (χ3v) is 5.89. The van der Waals surface area contributed by atoms with E-state index in [0.717, 1.165) is 13.1 Å². The number of amides is 2. The van der Waals surface area contributed by atoms with Crippen LogP contribution in [-0.2, 0) is 22.8 Å². The van der Waals surface area contributed by atoms with Crippen molar-refractivity contribution in [2.24, 2.45) is 7.05 Å². The molecule has 0 spiro atoms. The molecular formula is C25H26F3N7O3. The highest BCUT2D eigenvalue weighted by Crippen LogP contribution is 2.32. The number of carbonyl (C=O) groups excluding carboxylic acids is 2. The maximum absolute atomic E-state index is 13.0. The Labute approximate surface area is 216 Å². The second-order valence-electron chi connectivity index (χ2n) is 8.66. The van der Waals surface area contributed by atoms with Crippen LogP contribution in [0.25, 0.3) is 11.4 Å². The first kappa shape index (κ1) is 26.7. The average molecular weight is 530 g/mol. The molecule has 1 aliphatic rings. The predicted octanol–water partition coefficient (Wildman–Crippen LogP) is 2.36. The molecule has 3 heterocycles. The van der Waals surface area contributed by atoms with Gasteiger partial charge in [0.15, 0.2) is 0 Å². The van der Waals surface area contributed by atoms with Crippen LogP contribution in [0.4, 0.5) is 18.9 Å². The van der Waals surface area contributed by atoms with Crippen molar-refractivity contribution in [1.29, 1.82) is 0 Å². The first-order valence-electron chi connectivity index (χ1n) is 11.8. The van der Waals surface area contributed by atoms with E-state index in [1.807, 2.05) is 0 Å². The highest BCUT2D eigenvalue weighted by Gasteiger charge is 2.33. The van der Waals surface area contributed by atoms with Crippen molar-refractivity contribution in [2.45, 2.75) is 13.1 Å². The molecule has 2 aromatic heterocycles. The van der Waals surface area contributed by atoms with Crippen LogP contribution in [0.5, 0.6) is 5.75 Å². The first-order valence-corrected chi connectivity index (χ1v) is 11.8. The number of nitrogens with zero attached hydrogens (tertiary/aromatic N) is 5. The van der Waals surface area contributed by atoms with Gasteiger partial charge in [0.05, 0.1) is 23.6 Å². The molecule has 0 radical (unpaired) electrons. The van der Waals surface area contributed by atoms with Crippen molar-refractivity contribution in [2.75, 3.05) is 44.6 Å². The molecular weight excluding hydrogens is 503 g/mol. The molecule has 0 bridgehead atoms. The second kappa shape index (κ2) is 11.4. The lowest BCUT2D eigenvalue weighted by Gasteiger charge is -2.34. The number of alkyl halides is 3. The number of aromatic nitrogens is 4. The number of hydrogen-bond acceptors (Lipinski definition) is 6. The smallest absolute Gasteiger partial charge is 0.432 e. The van der Waals surface area contributed by atoms with Crippen LogP contribution in [-0.4, -0.2) is 80.7 Å². The van der Waals surface area contributed by atoms with E-state index in [1.54, 1.807) is 41.9 Å². The summed E-state index contributed by atoms with van der Waals surface area (Å²) in [7, 11) is 1.72. The number of aryl methyl sites for hydroxylation is 1. The van der Waals surface area contributed by atoms with E-state index >= 15 is 0 Å². The van der Waals surface area contributed by atoms with Gasteiger partial charge in [0.1, 0.15) is 23.9 Å². The molecule has 200 valence electrons. The minimum atomic E-state index is -4.57. The van der Waals surface area contributed by atoms with Crippen molar-refractivity contribution in [3.63, 3.8) is 0 Å². The molecule has 2 amide bonds. The van der Waals surface area contributed by atoms with Gasteiger partial charge in [-0.1, -0.05) is 5.92 Å². The third-order valence-electron chi connectivity index (χ3n) is 5.89. The summed E-state index contributed by atoms with van der Waals surface area (Å²) < 4.78 is 46.5. The molecule has 4 rings (SSSR count). The molecule has 0 aliphatic carbocycles. The van der Waals surface area contributed by atoms with Gasteiger partial charge in [0.2, 0.25) is 5.91 Å². The lowest BCUT2D eigenvalue weighted by molar-refractivity contribution is -0.140. The van der Waals surface area contributed by atoms with E-state index in [4.69, 9.17) is 4.74 Å². The number of hydrogen-bond donors (Lipinski definition) is 2. The van der Waals surface area contributed by atoms with E-state index in [2.05, 4.69) is 37.1 Å². The summed E-state index contributed by atoms with van der Waals surface area (Å²) in [5.41, 5.74) is 0.127. The Morgan fingerprint density at radius 1 is 1.18 bits per heavy atom. The molecule has 13 heteroatoms. The number of ether oxygens (including phenoxy) is 1. The fourth-order valence-corrected chi connectivity index (χ4v) is 3.85. The van der Waals surface area contributed by atoms with Crippen LogP contribution in [0, 0.1) is 11.8 Å². The lowest BCUT2D eigenvalue weighted by Crippen LogP contribution is -2.48. The number of nitrogens with one attached hydrogen (secondary N) is 2. The Balaban J connectivity index is 1.48. The minimum absolute atomic E-state index is 0.0100. The summed E-state index contributed by atoms with van der Waals surface area (Å²) in [6.07, 6.45) is -0.687. The molecule has 1 aromatic carbocycles. The molecule has 1 fully saturated rings. The number of rotatable bonds is 6. The molecule has 2 N–H and O–H groups in total. The molecule has 38 heavy (non-hydrogen) atoms. The molecule has 0 unspecified atom stereocenters. The number of H-pyrrole nitrogens is 1. The molecule has 1 saturated heterocycles. The number of carbonyl (C=O) groups is 2. The Kier molecular flexibility index (Phi) is 8.02. The van der Waals surface area contributed by atoms with E-state index < -0.39 is 17.8 Å². The molecule has 0 saturated carbocycles.